The quantitative estimate of drug-likeness (QED) is 0.635. The Morgan fingerprint density at radius 3 is 2.41 bits per heavy atom. The number of amides is 1. The number of hydrogen-bond acceptors (Lipinski definition) is 5. The summed E-state index contributed by atoms with van der Waals surface area (Å²) >= 11 is 12.1. The molecule has 0 fully saturated rings. The highest BCUT2D eigenvalue weighted by Gasteiger charge is 2.23. The van der Waals surface area contributed by atoms with Gasteiger partial charge in [-0.1, -0.05) is 29.3 Å². The van der Waals surface area contributed by atoms with E-state index in [-0.39, 0.29) is 22.9 Å². The minimum Gasteiger partial charge on any atom is -0.462 e. The highest BCUT2D eigenvalue weighted by atomic mass is 35.5. The number of anilines is 2. The van der Waals surface area contributed by atoms with E-state index in [1.165, 1.54) is 24.3 Å². The molecular formula is C19H20Cl2N2O5S. The second kappa shape index (κ2) is 9.47. The lowest BCUT2D eigenvalue weighted by atomic mass is 10.2. The largest absolute Gasteiger partial charge is 0.462 e. The fourth-order valence-electron chi connectivity index (χ4n) is 2.51. The number of ether oxygens (including phenoxy) is 1. The van der Waals surface area contributed by atoms with Gasteiger partial charge in [0.25, 0.3) is 0 Å². The third kappa shape index (κ3) is 6.09. The van der Waals surface area contributed by atoms with Gasteiger partial charge in [-0.15, -0.1) is 0 Å². The molecule has 0 spiro atoms. The van der Waals surface area contributed by atoms with E-state index in [9.17, 15) is 18.0 Å². The van der Waals surface area contributed by atoms with Gasteiger partial charge in [0.1, 0.15) is 6.54 Å². The maximum atomic E-state index is 12.5. The lowest BCUT2D eigenvalue weighted by molar-refractivity contribution is -0.114. The molecule has 0 aliphatic rings. The fourth-order valence-corrected chi connectivity index (χ4v) is 3.81. The Kier molecular flexibility index (Phi) is 7.51. The summed E-state index contributed by atoms with van der Waals surface area (Å²) in [5.41, 5.74) is 1.42. The normalized spacial score (nSPS) is 11.1. The maximum absolute atomic E-state index is 12.5. The minimum absolute atomic E-state index is 0.119. The first kappa shape index (κ1) is 23.0. The first-order chi connectivity index (χ1) is 13.5. The fraction of sp³-hybridized carbons (Fsp3) is 0.263. The molecule has 0 saturated carbocycles. The van der Waals surface area contributed by atoms with Crippen molar-refractivity contribution in [1.29, 1.82) is 0 Å². The average molecular weight is 459 g/mol. The van der Waals surface area contributed by atoms with Crippen molar-refractivity contribution in [2.75, 3.05) is 29.0 Å². The Labute approximate surface area is 179 Å². The van der Waals surface area contributed by atoms with Crippen molar-refractivity contribution in [3.63, 3.8) is 0 Å². The first-order valence-electron chi connectivity index (χ1n) is 8.53. The van der Waals surface area contributed by atoms with Crippen molar-refractivity contribution >= 4 is 56.5 Å². The molecule has 0 aliphatic carbocycles. The summed E-state index contributed by atoms with van der Waals surface area (Å²) in [6.07, 6.45) is 1.00. The van der Waals surface area contributed by atoms with Gasteiger partial charge >= 0.3 is 5.97 Å². The summed E-state index contributed by atoms with van der Waals surface area (Å²) in [6.45, 7) is 3.14. The van der Waals surface area contributed by atoms with Crippen LogP contribution in [0.15, 0.2) is 36.4 Å². The molecule has 7 nitrogen and oxygen atoms in total. The van der Waals surface area contributed by atoms with Gasteiger partial charge < -0.3 is 10.1 Å². The van der Waals surface area contributed by atoms with E-state index in [4.69, 9.17) is 27.9 Å². The SMILES string of the molecule is CCOC(=O)c1ccc(NC(=O)CN(c2cc(Cl)ccc2C)S(C)(=O)=O)c(Cl)c1. The van der Waals surface area contributed by atoms with Crippen LogP contribution in [0, 0.1) is 6.92 Å². The number of nitrogens with zero attached hydrogens (tertiary/aromatic N) is 1. The third-order valence-corrected chi connectivity index (χ3v) is 5.56. The molecule has 1 amide bonds. The van der Waals surface area contributed by atoms with Crippen LogP contribution in [-0.4, -0.2) is 39.7 Å². The Morgan fingerprint density at radius 1 is 1.14 bits per heavy atom. The van der Waals surface area contributed by atoms with Crippen molar-refractivity contribution < 1.29 is 22.7 Å². The summed E-state index contributed by atoms with van der Waals surface area (Å²) in [5.74, 6) is -1.15. The van der Waals surface area contributed by atoms with Crippen molar-refractivity contribution in [3.8, 4) is 0 Å². The van der Waals surface area contributed by atoms with Gasteiger partial charge in [0, 0.05) is 5.02 Å². The number of rotatable bonds is 7. The van der Waals surface area contributed by atoms with Crippen molar-refractivity contribution in [3.05, 3.63) is 57.6 Å². The summed E-state index contributed by atoms with van der Waals surface area (Å²) < 4.78 is 30.4. The summed E-state index contributed by atoms with van der Waals surface area (Å²) in [7, 11) is -3.76. The summed E-state index contributed by atoms with van der Waals surface area (Å²) in [4.78, 5) is 24.3. The van der Waals surface area contributed by atoms with Crippen LogP contribution >= 0.6 is 23.2 Å². The third-order valence-electron chi connectivity index (χ3n) is 3.88. The number of nitrogens with one attached hydrogen (secondary N) is 1. The molecule has 10 heteroatoms. The Bertz CT molecular complexity index is 1040. The van der Waals surface area contributed by atoms with E-state index in [2.05, 4.69) is 5.32 Å². The second-order valence-corrected chi connectivity index (χ2v) is 8.91. The molecule has 29 heavy (non-hydrogen) atoms. The van der Waals surface area contributed by atoms with Gasteiger partial charge in [-0.25, -0.2) is 13.2 Å². The predicted molar refractivity (Wildman–Crippen MR) is 114 cm³/mol. The molecule has 2 rings (SSSR count). The molecule has 0 aliphatic heterocycles. The molecule has 0 saturated heterocycles. The first-order valence-corrected chi connectivity index (χ1v) is 11.1. The van der Waals surface area contributed by atoms with Crippen molar-refractivity contribution in [2.24, 2.45) is 0 Å². The Balaban J connectivity index is 2.23. The molecule has 2 aromatic rings. The van der Waals surface area contributed by atoms with Gasteiger partial charge in [0.15, 0.2) is 0 Å². The number of benzene rings is 2. The Morgan fingerprint density at radius 2 is 1.83 bits per heavy atom. The average Bonchev–Trinajstić information content (AvgIpc) is 2.63. The van der Waals surface area contributed by atoms with Gasteiger partial charge in [-0.2, -0.15) is 0 Å². The zero-order chi connectivity index (χ0) is 21.8. The van der Waals surface area contributed by atoms with Crippen LogP contribution in [0.3, 0.4) is 0 Å². The number of hydrogen-bond donors (Lipinski definition) is 1. The topological polar surface area (TPSA) is 92.8 Å². The second-order valence-electron chi connectivity index (χ2n) is 6.16. The molecule has 156 valence electrons. The molecular weight excluding hydrogens is 439 g/mol. The molecule has 0 aromatic heterocycles. The van der Waals surface area contributed by atoms with Gasteiger partial charge in [0.2, 0.25) is 15.9 Å². The molecule has 0 heterocycles. The highest BCUT2D eigenvalue weighted by molar-refractivity contribution is 7.92. The predicted octanol–water partition coefficient (Wildman–Crippen LogP) is 3.88. The molecule has 0 radical (unpaired) electrons. The lowest BCUT2D eigenvalue weighted by Gasteiger charge is -2.24. The van der Waals surface area contributed by atoms with Crippen LogP contribution in [-0.2, 0) is 19.6 Å². The molecule has 2 aromatic carbocycles. The van der Waals surface area contributed by atoms with Crippen molar-refractivity contribution in [2.45, 2.75) is 13.8 Å². The van der Waals surface area contributed by atoms with Gasteiger partial charge in [-0.3, -0.25) is 9.10 Å². The molecule has 0 atom stereocenters. The monoisotopic (exact) mass is 458 g/mol. The van der Waals surface area contributed by atoms with E-state index in [0.29, 0.717) is 16.3 Å². The number of aryl methyl sites for hydroxylation is 1. The van der Waals surface area contributed by atoms with Crippen molar-refractivity contribution in [1.82, 2.24) is 0 Å². The summed E-state index contributed by atoms with van der Waals surface area (Å²) in [6, 6.07) is 9.04. The Hall–Kier alpha value is -2.29. The highest BCUT2D eigenvalue weighted by Crippen LogP contribution is 2.27. The number of esters is 1. The summed E-state index contributed by atoms with van der Waals surface area (Å²) in [5, 5.41) is 3.02. The number of carbonyl (C=O) groups is 2. The van der Waals surface area contributed by atoms with E-state index >= 15 is 0 Å². The van der Waals surface area contributed by atoms with Crippen LogP contribution in [0.2, 0.25) is 10.0 Å². The number of halogens is 2. The van der Waals surface area contributed by atoms with Crippen LogP contribution in [0.25, 0.3) is 0 Å². The smallest absolute Gasteiger partial charge is 0.338 e. The van der Waals surface area contributed by atoms with Crippen LogP contribution < -0.4 is 9.62 Å². The molecule has 0 bridgehead atoms. The van der Waals surface area contributed by atoms with E-state index < -0.39 is 28.4 Å². The molecule has 1 N–H and O–H groups in total. The van der Waals surface area contributed by atoms with E-state index in [1.807, 2.05) is 0 Å². The minimum atomic E-state index is -3.76. The zero-order valence-electron chi connectivity index (χ0n) is 16.0. The van der Waals surface area contributed by atoms with Crippen LogP contribution in [0.1, 0.15) is 22.8 Å². The van der Waals surface area contributed by atoms with E-state index in [0.717, 1.165) is 10.6 Å². The number of sulfonamides is 1. The number of carbonyl (C=O) groups excluding carboxylic acids is 2. The lowest BCUT2D eigenvalue weighted by Crippen LogP contribution is -2.37. The molecule has 0 unspecified atom stereocenters. The van der Waals surface area contributed by atoms with Gasteiger partial charge in [-0.05, 0) is 49.7 Å². The van der Waals surface area contributed by atoms with E-state index in [1.54, 1.807) is 26.0 Å². The zero-order valence-corrected chi connectivity index (χ0v) is 18.4. The maximum Gasteiger partial charge on any atom is 0.338 e. The van der Waals surface area contributed by atoms with Gasteiger partial charge in [0.05, 0.1) is 34.8 Å². The standard InChI is InChI=1S/C19H20Cl2N2O5S/c1-4-28-19(25)13-6-8-16(15(21)9-13)22-18(24)11-23(29(3,26)27)17-10-14(20)7-5-12(17)2/h5-10H,4,11H2,1-3H3,(H,22,24). The van der Waals surface area contributed by atoms with Crippen LogP contribution in [0.4, 0.5) is 11.4 Å². The van der Waals surface area contributed by atoms with Crippen LogP contribution in [0.5, 0.6) is 0 Å².